The van der Waals surface area contributed by atoms with E-state index >= 15 is 0 Å². The Labute approximate surface area is 112 Å². The molecule has 0 saturated heterocycles. The third-order valence-corrected chi connectivity index (χ3v) is 2.88. The van der Waals surface area contributed by atoms with E-state index in [9.17, 15) is 9.59 Å². The lowest BCUT2D eigenvalue weighted by molar-refractivity contribution is -0.141. The van der Waals surface area contributed by atoms with E-state index in [-0.39, 0.29) is 18.9 Å². The van der Waals surface area contributed by atoms with E-state index in [0.717, 1.165) is 11.1 Å². The first-order valence-electron chi connectivity index (χ1n) is 6.07. The molecule has 0 heterocycles. The van der Waals surface area contributed by atoms with Gasteiger partial charge in [-0.2, -0.15) is 0 Å². The Morgan fingerprint density at radius 2 is 2.11 bits per heavy atom. The Hall–Kier alpha value is -2.04. The van der Waals surface area contributed by atoms with Gasteiger partial charge in [-0.3, -0.25) is 9.59 Å². The van der Waals surface area contributed by atoms with Gasteiger partial charge < -0.3 is 15.2 Å². The summed E-state index contributed by atoms with van der Waals surface area (Å²) in [6.45, 7) is 3.59. The van der Waals surface area contributed by atoms with Crippen LogP contribution in [0, 0.1) is 12.8 Å². The van der Waals surface area contributed by atoms with E-state index in [4.69, 9.17) is 9.84 Å². The molecule has 0 spiro atoms. The maximum atomic E-state index is 11.8. The van der Waals surface area contributed by atoms with Crippen molar-refractivity contribution in [2.45, 2.75) is 20.3 Å². The lowest BCUT2D eigenvalue weighted by Crippen LogP contribution is -2.32. The number of benzene rings is 1. The van der Waals surface area contributed by atoms with E-state index < -0.39 is 11.9 Å². The molecule has 0 aromatic heterocycles. The fourth-order valence-electron chi connectivity index (χ4n) is 1.73. The van der Waals surface area contributed by atoms with Crippen LogP contribution in [-0.4, -0.2) is 30.6 Å². The van der Waals surface area contributed by atoms with Crippen LogP contribution in [0.2, 0.25) is 0 Å². The van der Waals surface area contributed by atoms with Crippen molar-refractivity contribution < 1.29 is 19.4 Å². The van der Waals surface area contributed by atoms with Gasteiger partial charge in [0, 0.05) is 12.1 Å². The van der Waals surface area contributed by atoms with Crippen LogP contribution < -0.4 is 10.1 Å². The molecule has 0 radical (unpaired) electrons. The third-order valence-electron chi connectivity index (χ3n) is 2.88. The topological polar surface area (TPSA) is 75.6 Å². The number of ether oxygens (including phenoxy) is 1. The van der Waals surface area contributed by atoms with Gasteiger partial charge in [-0.25, -0.2) is 0 Å². The Bertz CT molecular complexity index is 471. The average Bonchev–Trinajstić information content (AvgIpc) is 2.36. The van der Waals surface area contributed by atoms with Crippen LogP contribution in [0.1, 0.15) is 18.1 Å². The second-order valence-corrected chi connectivity index (χ2v) is 4.49. The predicted octanol–water partition coefficient (Wildman–Crippen LogP) is 1.38. The van der Waals surface area contributed by atoms with Crippen LogP contribution in [0.5, 0.6) is 5.75 Å². The number of aliphatic carboxylic acids is 1. The van der Waals surface area contributed by atoms with Gasteiger partial charge >= 0.3 is 5.97 Å². The molecule has 2 N–H and O–H groups in total. The molecular weight excluding hydrogens is 246 g/mol. The minimum atomic E-state index is -0.923. The molecular formula is C14H19NO4. The minimum absolute atomic E-state index is 0.127. The van der Waals surface area contributed by atoms with Crippen molar-refractivity contribution in [1.82, 2.24) is 5.32 Å². The molecule has 1 aromatic rings. The van der Waals surface area contributed by atoms with E-state index in [2.05, 4.69) is 5.32 Å². The average molecular weight is 265 g/mol. The highest BCUT2D eigenvalue weighted by molar-refractivity contribution is 5.80. The zero-order valence-electron chi connectivity index (χ0n) is 11.4. The molecule has 1 aromatic carbocycles. The summed E-state index contributed by atoms with van der Waals surface area (Å²) < 4.78 is 5.27. The van der Waals surface area contributed by atoms with E-state index in [0.29, 0.717) is 5.75 Å². The summed E-state index contributed by atoms with van der Waals surface area (Å²) in [5, 5.41) is 11.3. The second-order valence-electron chi connectivity index (χ2n) is 4.49. The van der Waals surface area contributed by atoms with E-state index in [1.165, 1.54) is 0 Å². The first-order valence-corrected chi connectivity index (χ1v) is 6.07. The first-order chi connectivity index (χ1) is 8.95. The molecule has 5 heteroatoms. The minimum Gasteiger partial charge on any atom is -0.496 e. The van der Waals surface area contributed by atoms with Crippen molar-refractivity contribution in [3.63, 3.8) is 0 Å². The smallest absolute Gasteiger partial charge is 0.308 e. The van der Waals surface area contributed by atoms with Gasteiger partial charge in [0.2, 0.25) is 5.91 Å². The highest BCUT2D eigenvalue weighted by Gasteiger charge is 2.14. The van der Waals surface area contributed by atoms with Gasteiger partial charge in [-0.1, -0.05) is 25.1 Å². The summed E-state index contributed by atoms with van der Waals surface area (Å²) >= 11 is 0. The zero-order chi connectivity index (χ0) is 14.4. The normalized spacial score (nSPS) is 11.7. The molecule has 104 valence electrons. The molecule has 0 bridgehead atoms. The van der Waals surface area contributed by atoms with E-state index in [1.54, 1.807) is 14.0 Å². The van der Waals surface area contributed by atoms with Crippen LogP contribution in [0.4, 0.5) is 0 Å². The molecule has 1 amide bonds. The number of rotatable bonds is 6. The number of carboxylic acids is 1. The van der Waals surface area contributed by atoms with Crippen molar-refractivity contribution in [2.75, 3.05) is 13.7 Å². The zero-order valence-corrected chi connectivity index (χ0v) is 11.4. The Morgan fingerprint density at radius 3 is 2.68 bits per heavy atom. The third kappa shape index (κ3) is 4.28. The quantitative estimate of drug-likeness (QED) is 0.815. The lowest BCUT2D eigenvalue weighted by Gasteiger charge is -2.12. The monoisotopic (exact) mass is 265 g/mol. The maximum absolute atomic E-state index is 11.8. The van der Waals surface area contributed by atoms with Crippen LogP contribution in [0.25, 0.3) is 0 Å². The van der Waals surface area contributed by atoms with Gasteiger partial charge in [0.05, 0.1) is 19.4 Å². The van der Waals surface area contributed by atoms with Crippen molar-refractivity contribution in [2.24, 2.45) is 5.92 Å². The molecule has 5 nitrogen and oxygen atoms in total. The summed E-state index contributed by atoms with van der Waals surface area (Å²) in [6.07, 6.45) is 0.178. The summed E-state index contributed by atoms with van der Waals surface area (Å²) in [4.78, 5) is 22.4. The fraction of sp³-hybridized carbons (Fsp3) is 0.429. The molecule has 0 aliphatic heterocycles. The van der Waals surface area contributed by atoms with Crippen LogP contribution >= 0.6 is 0 Å². The maximum Gasteiger partial charge on any atom is 0.308 e. The first kappa shape index (κ1) is 15.0. The number of carbonyl (C=O) groups is 2. The van der Waals surface area contributed by atoms with Gasteiger partial charge in [0.15, 0.2) is 0 Å². The largest absolute Gasteiger partial charge is 0.496 e. The number of hydrogen-bond donors (Lipinski definition) is 2. The van der Waals surface area contributed by atoms with E-state index in [1.807, 2.05) is 25.1 Å². The molecule has 0 fully saturated rings. The van der Waals surface area contributed by atoms with Crippen LogP contribution in [0.15, 0.2) is 18.2 Å². The Kier molecular flexibility index (Phi) is 5.36. The second kappa shape index (κ2) is 6.78. The van der Waals surface area contributed by atoms with Gasteiger partial charge in [-0.05, 0) is 12.5 Å². The number of methoxy groups -OCH3 is 1. The lowest BCUT2D eigenvalue weighted by atomic mass is 10.1. The molecule has 1 atom stereocenters. The number of aryl methyl sites for hydroxylation is 1. The predicted molar refractivity (Wildman–Crippen MR) is 71.2 cm³/mol. The number of carbonyl (C=O) groups excluding carboxylic acids is 1. The van der Waals surface area contributed by atoms with Gasteiger partial charge in [0.1, 0.15) is 5.75 Å². The molecule has 0 saturated carbocycles. The highest BCUT2D eigenvalue weighted by Crippen LogP contribution is 2.23. The van der Waals surface area contributed by atoms with Gasteiger partial charge in [0.25, 0.3) is 0 Å². The molecule has 19 heavy (non-hydrogen) atoms. The molecule has 0 aliphatic carbocycles. The standard InChI is InChI=1S/C14H19NO4/c1-9-5-4-6-11(13(9)19-3)7-12(16)15-8-10(2)14(17)18/h4-6,10H,7-8H2,1-3H3,(H,15,16)(H,17,18). The molecule has 0 aliphatic rings. The highest BCUT2D eigenvalue weighted by atomic mass is 16.5. The summed E-state index contributed by atoms with van der Waals surface area (Å²) in [6, 6.07) is 5.60. The summed E-state index contributed by atoms with van der Waals surface area (Å²) in [5.41, 5.74) is 1.76. The van der Waals surface area contributed by atoms with Crippen molar-refractivity contribution in [3.05, 3.63) is 29.3 Å². The molecule has 1 unspecified atom stereocenters. The SMILES string of the molecule is COc1c(C)cccc1CC(=O)NCC(C)C(=O)O. The van der Waals surface area contributed by atoms with Crippen LogP contribution in [0.3, 0.4) is 0 Å². The number of para-hydroxylation sites is 1. The van der Waals surface area contributed by atoms with Crippen molar-refractivity contribution in [3.8, 4) is 5.75 Å². The summed E-state index contributed by atoms with van der Waals surface area (Å²) in [7, 11) is 1.57. The fourth-order valence-corrected chi connectivity index (χ4v) is 1.73. The number of nitrogens with one attached hydrogen (secondary N) is 1. The van der Waals surface area contributed by atoms with Gasteiger partial charge in [-0.15, -0.1) is 0 Å². The van der Waals surface area contributed by atoms with Crippen LogP contribution in [-0.2, 0) is 16.0 Å². The number of carboxylic acid groups (broad SMARTS) is 1. The molecule has 1 rings (SSSR count). The number of amides is 1. The Morgan fingerprint density at radius 1 is 1.42 bits per heavy atom. The van der Waals surface area contributed by atoms with Crippen molar-refractivity contribution in [1.29, 1.82) is 0 Å². The number of hydrogen-bond acceptors (Lipinski definition) is 3. The summed E-state index contributed by atoms with van der Waals surface area (Å²) in [5.74, 6) is -1.03. The Balaban J connectivity index is 2.62. The van der Waals surface area contributed by atoms with Crippen molar-refractivity contribution >= 4 is 11.9 Å².